The number of fused-ring (bicyclic) bond motifs is 1. The molecule has 1 aromatic carbocycles. The number of aromatic amines is 1. The van der Waals surface area contributed by atoms with Crippen molar-refractivity contribution in [2.24, 2.45) is 0 Å². The SMILES string of the molecule is Brc1cnc(-c2cc3ccccc3[nH]2)nc1. The molecule has 1 N–H and O–H groups in total. The summed E-state index contributed by atoms with van der Waals surface area (Å²) in [5.74, 6) is 0.708. The summed E-state index contributed by atoms with van der Waals surface area (Å²) >= 11 is 3.32. The summed E-state index contributed by atoms with van der Waals surface area (Å²) < 4.78 is 0.882. The first kappa shape index (κ1) is 9.54. The average Bonchev–Trinajstić information content (AvgIpc) is 2.73. The summed E-state index contributed by atoms with van der Waals surface area (Å²) in [7, 11) is 0. The molecule has 0 aliphatic heterocycles. The molecule has 0 saturated carbocycles. The zero-order valence-electron chi connectivity index (χ0n) is 8.31. The fraction of sp³-hybridized carbons (Fsp3) is 0. The number of nitrogens with zero attached hydrogens (tertiary/aromatic N) is 2. The van der Waals surface area contributed by atoms with Gasteiger partial charge < -0.3 is 4.98 Å². The van der Waals surface area contributed by atoms with Crippen molar-refractivity contribution in [3.05, 3.63) is 47.2 Å². The van der Waals surface area contributed by atoms with E-state index in [1.54, 1.807) is 12.4 Å². The van der Waals surface area contributed by atoms with Crippen molar-refractivity contribution in [1.82, 2.24) is 15.0 Å². The van der Waals surface area contributed by atoms with Gasteiger partial charge in [0.1, 0.15) is 0 Å². The number of aromatic nitrogens is 3. The van der Waals surface area contributed by atoms with Gasteiger partial charge >= 0.3 is 0 Å². The summed E-state index contributed by atoms with van der Waals surface area (Å²) in [6, 6.07) is 10.2. The normalized spacial score (nSPS) is 10.8. The lowest BCUT2D eigenvalue weighted by Gasteiger charge is -1.94. The van der Waals surface area contributed by atoms with Crippen LogP contribution in [0, 0.1) is 0 Å². The third-order valence-electron chi connectivity index (χ3n) is 2.39. The summed E-state index contributed by atoms with van der Waals surface area (Å²) in [4.78, 5) is 11.8. The fourth-order valence-electron chi connectivity index (χ4n) is 1.65. The van der Waals surface area contributed by atoms with Crippen LogP contribution in [0.4, 0.5) is 0 Å². The lowest BCUT2D eigenvalue weighted by Crippen LogP contribution is -1.87. The molecule has 3 aromatic rings. The number of hydrogen-bond donors (Lipinski definition) is 1. The van der Waals surface area contributed by atoms with Crippen LogP contribution in [0.25, 0.3) is 22.4 Å². The van der Waals surface area contributed by atoms with Gasteiger partial charge in [0.05, 0.1) is 10.2 Å². The predicted octanol–water partition coefficient (Wildman–Crippen LogP) is 3.39. The Morgan fingerprint density at radius 2 is 1.81 bits per heavy atom. The smallest absolute Gasteiger partial charge is 0.175 e. The van der Waals surface area contributed by atoms with Crippen LogP contribution in [0.3, 0.4) is 0 Å². The number of H-pyrrole nitrogens is 1. The molecule has 0 aliphatic rings. The van der Waals surface area contributed by atoms with Crippen molar-refractivity contribution < 1.29 is 0 Å². The molecule has 2 heterocycles. The number of benzene rings is 1. The molecule has 78 valence electrons. The first-order valence-electron chi connectivity index (χ1n) is 4.88. The topological polar surface area (TPSA) is 41.6 Å². The van der Waals surface area contributed by atoms with Crippen LogP contribution in [0.15, 0.2) is 47.2 Å². The number of hydrogen-bond acceptors (Lipinski definition) is 2. The van der Waals surface area contributed by atoms with E-state index >= 15 is 0 Å². The molecule has 0 aliphatic carbocycles. The second kappa shape index (κ2) is 3.72. The molecule has 0 unspecified atom stereocenters. The van der Waals surface area contributed by atoms with E-state index < -0.39 is 0 Å². The molecule has 2 aromatic heterocycles. The van der Waals surface area contributed by atoms with Crippen LogP contribution < -0.4 is 0 Å². The third-order valence-corrected chi connectivity index (χ3v) is 2.80. The quantitative estimate of drug-likeness (QED) is 0.739. The maximum Gasteiger partial charge on any atom is 0.175 e. The van der Waals surface area contributed by atoms with Crippen LogP contribution in [-0.2, 0) is 0 Å². The number of rotatable bonds is 1. The van der Waals surface area contributed by atoms with Crippen LogP contribution in [0.5, 0.6) is 0 Å². The van der Waals surface area contributed by atoms with E-state index in [9.17, 15) is 0 Å². The standard InChI is InChI=1S/C12H8BrN3/c13-9-6-14-12(15-7-9)11-5-8-3-1-2-4-10(8)16-11/h1-7,16H. The minimum atomic E-state index is 0.708. The van der Waals surface area contributed by atoms with Gasteiger partial charge in [0, 0.05) is 23.3 Å². The lowest BCUT2D eigenvalue weighted by molar-refractivity contribution is 1.14. The highest BCUT2D eigenvalue weighted by atomic mass is 79.9. The molecule has 3 rings (SSSR count). The molecule has 0 saturated heterocycles. The zero-order chi connectivity index (χ0) is 11.0. The van der Waals surface area contributed by atoms with Crippen LogP contribution in [-0.4, -0.2) is 15.0 Å². The van der Waals surface area contributed by atoms with Gasteiger partial charge in [0.25, 0.3) is 0 Å². The van der Waals surface area contributed by atoms with Gasteiger partial charge in [-0.15, -0.1) is 0 Å². The van der Waals surface area contributed by atoms with Crippen LogP contribution in [0.1, 0.15) is 0 Å². The minimum Gasteiger partial charge on any atom is -0.352 e. The minimum absolute atomic E-state index is 0.708. The van der Waals surface area contributed by atoms with Gasteiger partial charge in [-0.05, 0) is 28.1 Å². The molecule has 0 atom stereocenters. The van der Waals surface area contributed by atoms with Crippen molar-refractivity contribution in [1.29, 1.82) is 0 Å². The molecule has 0 spiro atoms. The number of nitrogens with one attached hydrogen (secondary N) is 1. The molecule has 0 fully saturated rings. The van der Waals surface area contributed by atoms with E-state index in [4.69, 9.17) is 0 Å². The van der Waals surface area contributed by atoms with Crippen molar-refractivity contribution in [2.45, 2.75) is 0 Å². The maximum atomic E-state index is 4.25. The van der Waals surface area contributed by atoms with Gasteiger partial charge in [0.15, 0.2) is 5.82 Å². The highest BCUT2D eigenvalue weighted by molar-refractivity contribution is 9.10. The first-order chi connectivity index (χ1) is 7.83. The Bertz CT molecular complexity index is 595. The molecule has 3 nitrogen and oxygen atoms in total. The van der Waals surface area contributed by atoms with Crippen molar-refractivity contribution in [3.63, 3.8) is 0 Å². The summed E-state index contributed by atoms with van der Waals surface area (Å²) in [5, 5.41) is 1.17. The molecule has 0 bridgehead atoms. The highest BCUT2D eigenvalue weighted by Gasteiger charge is 2.04. The molecule has 0 amide bonds. The molecule has 16 heavy (non-hydrogen) atoms. The largest absolute Gasteiger partial charge is 0.352 e. The van der Waals surface area contributed by atoms with E-state index in [1.807, 2.05) is 18.2 Å². The Balaban J connectivity index is 2.15. The van der Waals surface area contributed by atoms with Gasteiger partial charge in [-0.25, -0.2) is 9.97 Å². The second-order valence-corrected chi connectivity index (χ2v) is 4.41. The Kier molecular flexibility index (Phi) is 2.22. The van der Waals surface area contributed by atoms with E-state index in [-0.39, 0.29) is 0 Å². The Morgan fingerprint density at radius 1 is 1.06 bits per heavy atom. The zero-order valence-corrected chi connectivity index (χ0v) is 9.90. The Hall–Kier alpha value is -1.68. The van der Waals surface area contributed by atoms with Crippen LogP contribution in [0.2, 0.25) is 0 Å². The molecule has 0 radical (unpaired) electrons. The molecule has 4 heteroatoms. The first-order valence-corrected chi connectivity index (χ1v) is 5.68. The number of halogens is 1. The predicted molar refractivity (Wildman–Crippen MR) is 67.0 cm³/mol. The van der Waals surface area contributed by atoms with E-state index in [0.717, 1.165) is 15.7 Å². The highest BCUT2D eigenvalue weighted by Crippen LogP contribution is 2.21. The van der Waals surface area contributed by atoms with Gasteiger partial charge in [0.2, 0.25) is 0 Å². The van der Waals surface area contributed by atoms with E-state index in [1.165, 1.54) is 5.39 Å². The van der Waals surface area contributed by atoms with E-state index in [2.05, 4.69) is 43.0 Å². The number of para-hydroxylation sites is 1. The second-order valence-electron chi connectivity index (χ2n) is 3.50. The Morgan fingerprint density at radius 3 is 2.56 bits per heavy atom. The maximum absolute atomic E-state index is 4.25. The van der Waals surface area contributed by atoms with Crippen molar-refractivity contribution in [3.8, 4) is 11.5 Å². The summed E-state index contributed by atoms with van der Waals surface area (Å²) in [6.07, 6.45) is 3.49. The fourth-order valence-corrected chi connectivity index (χ4v) is 1.85. The van der Waals surface area contributed by atoms with Crippen LogP contribution >= 0.6 is 15.9 Å². The summed E-state index contributed by atoms with van der Waals surface area (Å²) in [5.41, 5.74) is 2.04. The van der Waals surface area contributed by atoms with Crippen molar-refractivity contribution in [2.75, 3.05) is 0 Å². The monoisotopic (exact) mass is 273 g/mol. The third kappa shape index (κ3) is 1.61. The van der Waals surface area contributed by atoms with Gasteiger partial charge in [-0.3, -0.25) is 0 Å². The van der Waals surface area contributed by atoms with Crippen molar-refractivity contribution >= 4 is 26.8 Å². The Labute approximate surface area is 101 Å². The summed E-state index contributed by atoms with van der Waals surface area (Å²) in [6.45, 7) is 0. The lowest BCUT2D eigenvalue weighted by atomic mass is 10.2. The van der Waals surface area contributed by atoms with Gasteiger partial charge in [-0.1, -0.05) is 18.2 Å². The average molecular weight is 274 g/mol. The van der Waals surface area contributed by atoms with Gasteiger partial charge in [-0.2, -0.15) is 0 Å². The van der Waals surface area contributed by atoms with E-state index in [0.29, 0.717) is 5.82 Å². The molecular weight excluding hydrogens is 266 g/mol. The molecular formula is C12H8BrN3.